The first-order valence-electron chi connectivity index (χ1n) is 7.88. The molecule has 1 aromatic carbocycles. The fourth-order valence-electron chi connectivity index (χ4n) is 2.96. The molecule has 0 unspecified atom stereocenters. The molecule has 23 heavy (non-hydrogen) atoms. The van der Waals surface area contributed by atoms with Crippen LogP contribution in [0.15, 0.2) is 42.5 Å². The minimum absolute atomic E-state index is 0.0293. The Morgan fingerprint density at radius 1 is 1.35 bits per heavy atom. The Kier molecular flexibility index (Phi) is 5.14. The fourth-order valence-corrected chi connectivity index (χ4v) is 2.96. The molecule has 1 aliphatic rings. The molecule has 4 nitrogen and oxygen atoms in total. The number of carbonyl (C=O) groups is 1. The Hall–Kier alpha value is -2.23. The monoisotopic (exact) mass is 314 g/mol. The average molecular weight is 314 g/mol. The van der Waals surface area contributed by atoms with E-state index >= 15 is 0 Å². The highest BCUT2D eigenvalue weighted by Crippen LogP contribution is 2.33. The molecule has 1 heterocycles. The Morgan fingerprint density at radius 2 is 2.09 bits per heavy atom. The van der Waals surface area contributed by atoms with Gasteiger partial charge in [-0.1, -0.05) is 45.1 Å². The number of likely N-dealkylation sites (N-methyl/N-ethyl adjacent to an activating group) is 1. The van der Waals surface area contributed by atoms with Crippen LogP contribution in [0, 0.1) is 5.41 Å². The molecule has 2 rings (SSSR count). The third kappa shape index (κ3) is 3.76. The van der Waals surface area contributed by atoms with Gasteiger partial charge in [-0.05, 0) is 23.6 Å². The van der Waals surface area contributed by atoms with Gasteiger partial charge in [-0.25, -0.2) is 0 Å². The molecular formula is C19H26N2O2. The minimum atomic E-state index is -0.255. The molecule has 0 bridgehead atoms. The van der Waals surface area contributed by atoms with Crippen molar-refractivity contribution in [2.75, 3.05) is 20.7 Å². The van der Waals surface area contributed by atoms with Crippen molar-refractivity contribution in [3.63, 3.8) is 0 Å². The van der Waals surface area contributed by atoms with Crippen molar-refractivity contribution in [2.45, 2.75) is 26.8 Å². The second-order valence-corrected chi connectivity index (χ2v) is 6.75. The SMILES string of the molecule is CNC(=O)[C@@H](N1CC=CC=C1c1cccc(OC)c1)C(C)(C)C. The Morgan fingerprint density at radius 3 is 2.70 bits per heavy atom. The van der Waals surface area contributed by atoms with Gasteiger partial charge in [0, 0.05) is 24.9 Å². The Labute approximate surface area is 138 Å². The Bertz CT molecular complexity index is 627. The van der Waals surface area contributed by atoms with E-state index in [9.17, 15) is 4.79 Å². The minimum Gasteiger partial charge on any atom is -0.497 e. The van der Waals surface area contributed by atoms with Gasteiger partial charge in [0.1, 0.15) is 11.8 Å². The maximum absolute atomic E-state index is 12.5. The third-order valence-corrected chi connectivity index (χ3v) is 3.99. The second-order valence-electron chi connectivity index (χ2n) is 6.75. The van der Waals surface area contributed by atoms with Gasteiger partial charge in [0.2, 0.25) is 5.91 Å². The molecule has 124 valence electrons. The summed E-state index contributed by atoms with van der Waals surface area (Å²) in [6.07, 6.45) is 6.17. The molecule has 1 atom stereocenters. The largest absolute Gasteiger partial charge is 0.497 e. The molecule has 1 amide bonds. The highest BCUT2D eigenvalue weighted by molar-refractivity contribution is 5.85. The average Bonchev–Trinajstić information content (AvgIpc) is 2.54. The van der Waals surface area contributed by atoms with Crippen molar-refractivity contribution in [3.8, 4) is 5.75 Å². The number of carbonyl (C=O) groups excluding carboxylic acids is 1. The van der Waals surface area contributed by atoms with Gasteiger partial charge in [-0.3, -0.25) is 4.79 Å². The first-order chi connectivity index (χ1) is 10.9. The van der Waals surface area contributed by atoms with Crippen molar-refractivity contribution < 1.29 is 9.53 Å². The summed E-state index contributed by atoms with van der Waals surface area (Å²) in [5.74, 6) is 0.840. The summed E-state index contributed by atoms with van der Waals surface area (Å²) in [7, 11) is 3.35. The summed E-state index contributed by atoms with van der Waals surface area (Å²) in [5.41, 5.74) is 1.89. The van der Waals surface area contributed by atoms with Gasteiger partial charge < -0.3 is 15.0 Å². The normalized spacial score (nSPS) is 15.9. The molecule has 1 N–H and O–H groups in total. The number of benzene rings is 1. The Balaban J connectivity index is 2.45. The van der Waals surface area contributed by atoms with Crippen LogP contribution in [0.3, 0.4) is 0 Å². The van der Waals surface area contributed by atoms with Crippen LogP contribution in [0.5, 0.6) is 5.75 Å². The predicted molar refractivity (Wildman–Crippen MR) is 94.1 cm³/mol. The molecule has 1 aliphatic heterocycles. The van der Waals surface area contributed by atoms with E-state index in [1.54, 1.807) is 14.2 Å². The van der Waals surface area contributed by atoms with Crippen molar-refractivity contribution in [1.29, 1.82) is 0 Å². The van der Waals surface area contributed by atoms with Gasteiger partial charge in [0.05, 0.1) is 7.11 Å². The fraction of sp³-hybridized carbons (Fsp3) is 0.421. The van der Waals surface area contributed by atoms with Crippen LogP contribution in [-0.2, 0) is 4.79 Å². The third-order valence-electron chi connectivity index (χ3n) is 3.99. The zero-order valence-electron chi connectivity index (χ0n) is 14.6. The van der Waals surface area contributed by atoms with E-state index in [1.165, 1.54) is 0 Å². The van der Waals surface area contributed by atoms with E-state index in [-0.39, 0.29) is 17.4 Å². The zero-order chi connectivity index (χ0) is 17.0. The van der Waals surface area contributed by atoms with Crippen molar-refractivity contribution >= 4 is 11.6 Å². The maximum atomic E-state index is 12.5. The second kappa shape index (κ2) is 6.90. The summed E-state index contributed by atoms with van der Waals surface area (Å²) in [5, 5.41) is 2.81. The molecule has 1 aromatic rings. The summed E-state index contributed by atoms with van der Waals surface area (Å²) < 4.78 is 5.33. The van der Waals surface area contributed by atoms with Gasteiger partial charge in [-0.15, -0.1) is 0 Å². The standard InChI is InChI=1S/C19H26N2O2/c1-19(2,3)17(18(22)20-4)21-12-7-6-11-16(21)14-9-8-10-15(13-14)23-5/h6-11,13,17H,12H2,1-5H3,(H,20,22)/t17-/m1/s1. The van der Waals surface area contributed by atoms with E-state index in [0.29, 0.717) is 6.54 Å². The van der Waals surface area contributed by atoms with Gasteiger partial charge in [-0.2, -0.15) is 0 Å². The van der Waals surface area contributed by atoms with Crippen molar-refractivity contribution in [1.82, 2.24) is 10.2 Å². The lowest BCUT2D eigenvalue weighted by Gasteiger charge is -2.42. The van der Waals surface area contributed by atoms with Crippen molar-refractivity contribution in [3.05, 3.63) is 48.1 Å². The lowest BCUT2D eigenvalue weighted by molar-refractivity contribution is -0.128. The highest BCUT2D eigenvalue weighted by Gasteiger charge is 2.37. The number of nitrogens with zero attached hydrogens (tertiary/aromatic N) is 1. The van der Waals surface area contributed by atoms with E-state index in [1.807, 2.05) is 30.3 Å². The van der Waals surface area contributed by atoms with Gasteiger partial charge >= 0.3 is 0 Å². The number of rotatable bonds is 4. The van der Waals surface area contributed by atoms with Crippen LogP contribution >= 0.6 is 0 Å². The van der Waals surface area contributed by atoms with Crippen LogP contribution in [-0.4, -0.2) is 37.6 Å². The van der Waals surface area contributed by atoms with Crippen LogP contribution in [0.2, 0.25) is 0 Å². The van der Waals surface area contributed by atoms with Crippen LogP contribution in [0.25, 0.3) is 5.70 Å². The molecule has 0 saturated heterocycles. The smallest absolute Gasteiger partial charge is 0.243 e. The number of nitrogens with one attached hydrogen (secondary N) is 1. The molecule has 0 spiro atoms. The highest BCUT2D eigenvalue weighted by atomic mass is 16.5. The summed E-state index contributed by atoms with van der Waals surface area (Å²) >= 11 is 0. The number of hydrogen-bond acceptors (Lipinski definition) is 3. The van der Waals surface area contributed by atoms with Gasteiger partial charge in [0.25, 0.3) is 0 Å². The van der Waals surface area contributed by atoms with E-state index in [2.05, 4.69) is 43.1 Å². The van der Waals surface area contributed by atoms with E-state index < -0.39 is 0 Å². The number of ether oxygens (including phenoxy) is 1. The molecule has 0 aliphatic carbocycles. The molecule has 0 radical (unpaired) electrons. The number of hydrogen-bond donors (Lipinski definition) is 1. The molecule has 0 fully saturated rings. The van der Waals surface area contributed by atoms with Crippen LogP contribution in [0.4, 0.5) is 0 Å². The van der Waals surface area contributed by atoms with Gasteiger partial charge in [0.15, 0.2) is 0 Å². The lowest BCUT2D eigenvalue weighted by Crippen LogP contribution is -2.52. The van der Waals surface area contributed by atoms with E-state index in [0.717, 1.165) is 17.0 Å². The number of methoxy groups -OCH3 is 1. The first-order valence-corrected chi connectivity index (χ1v) is 7.88. The zero-order valence-corrected chi connectivity index (χ0v) is 14.6. The summed E-state index contributed by atoms with van der Waals surface area (Å²) in [6.45, 7) is 6.98. The quantitative estimate of drug-likeness (QED) is 0.928. The molecule has 0 aromatic heterocycles. The van der Waals surface area contributed by atoms with Crippen LogP contribution in [0.1, 0.15) is 26.3 Å². The summed E-state index contributed by atoms with van der Waals surface area (Å²) in [4.78, 5) is 14.7. The lowest BCUT2D eigenvalue weighted by atomic mass is 9.83. The predicted octanol–water partition coefficient (Wildman–Crippen LogP) is 3.07. The van der Waals surface area contributed by atoms with Crippen LogP contribution < -0.4 is 10.1 Å². The maximum Gasteiger partial charge on any atom is 0.243 e. The molecular weight excluding hydrogens is 288 g/mol. The number of amides is 1. The first kappa shape index (κ1) is 17.1. The molecule has 0 saturated carbocycles. The topological polar surface area (TPSA) is 41.6 Å². The van der Waals surface area contributed by atoms with Crippen molar-refractivity contribution in [2.24, 2.45) is 5.41 Å². The molecule has 4 heteroatoms. The van der Waals surface area contributed by atoms with E-state index in [4.69, 9.17) is 4.74 Å². The summed E-state index contributed by atoms with van der Waals surface area (Å²) in [6, 6.07) is 7.69. The number of allylic oxidation sites excluding steroid dienone is 2.